The highest BCUT2D eigenvalue weighted by molar-refractivity contribution is 5.96. The summed E-state index contributed by atoms with van der Waals surface area (Å²) < 4.78 is 76.5. The Hall–Kier alpha value is -1.80. The third-order valence-electron chi connectivity index (χ3n) is 1.66. The van der Waals surface area contributed by atoms with Crippen LogP contribution in [-0.4, -0.2) is 30.0 Å². The number of carbonyl (C=O) groups excluding carboxylic acids is 1. The third kappa shape index (κ3) is 3.90. The molecule has 0 aliphatic heterocycles. The molecule has 0 aliphatic rings. The molecule has 1 heterocycles. The van der Waals surface area contributed by atoms with Gasteiger partial charge in [-0.3, -0.25) is 4.79 Å². The van der Waals surface area contributed by atoms with Crippen LogP contribution in [-0.2, 0) is 0 Å². The number of halogens is 6. The number of Topliss-reactive ketones (excluding diaryl/α,β-unsaturated/α-hetero) is 1. The summed E-state index contributed by atoms with van der Waals surface area (Å²) >= 11 is 0. The van der Waals surface area contributed by atoms with Crippen LogP contribution in [0.3, 0.4) is 0 Å². The number of hydrogen-bond acceptors (Lipinski definition) is 3. The number of ether oxygens (including phenoxy) is 1. The van der Waals surface area contributed by atoms with Gasteiger partial charge in [0.15, 0.2) is 18.2 Å². The topological polar surface area (TPSA) is 39.2 Å². The number of rotatable bonds is 4. The first kappa shape index (κ1) is 14.3. The summed E-state index contributed by atoms with van der Waals surface area (Å²) in [6.45, 7) is -1.81. The molecule has 0 amide bonds. The maximum atomic E-state index is 13.0. The Balaban J connectivity index is 2.91. The summed E-state index contributed by atoms with van der Waals surface area (Å²) in [5.74, 6) is -3.98. The van der Waals surface area contributed by atoms with E-state index in [1.54, 1.807) is 0 Å². The van der Waals surface area contributed by atoms with Gasteiger partial charge in [-0.15, -0.1) is 0 Å². The lowest BCUT2D eigenvalue weighted by Crippen LogP contribution is -2.20. The Labute approximate surface area is 96.4 Å². The van der Waals surface area contributed by atoms with Crippen molar-refractivity contribution in [2.24, 2.45) is 0 Å². The zero-order valence-electron chi connectivity index (χ0n) is 8.47. The molecule has 0 radical (unpaired) electrons. The van der Waals surface area contributed by atoms with Gasteiger partial charge in [0.05, 0.1) is 6.20 Å². The summed E-state index contributed by atoms with van der Waals surface area (Å²) in [7, 11) is 0. The molecular formula is C9H5F6NO2. The SMILES string of the molecule is O=C(c1cc(OCC(F)(F)F)c(F)cn1)C(F)F. The Morgan fingerprint density at radius 1 is 1.39 bits per heavy atom. The van der Waals surface area contributed by atoms with Crippen molar-refractivity contribution >= 4 is 5.78 Å². The number of nitrogens with zero attached hydrogens (tertiary/aromatic N) is 1. The molecule has 0 unspecified atom stereocenters. The molecule has 0 N–H and O–H groups in total. The van der Waals surface area contributed by atoms with Crippen molar-refractivity contribution in [3.8, 4) is 5.75 Å². The molecule has 0 spiro atoms. The molecule has 18 heavy (non-hydrogen) atoms. The van der Waals surface area contributed by atoms with Crippen molar-refractivity contribution in [1.29, 1.82) is 0 Å². The van der Waals surface area contributed by atoms with E-state index in [2.05, 4.69) is 9.72 Å². The molecule has 0 saturated carbocycles. The normalized spacial score (nSPS) is 11.7. The van der Waals surface area contributed by atoms with E-state index in [1.807, 2.05) is 0 Å². The number of aromatic nitrogens is 1. The second kappa shape index (κ2) is 5.23. The average molecular weight is 273 g/mol. The van der Waals surface area contributed by atoms with E-state index in [1.165, 1.54) is 0 Å². The minimum atomic E-state index is -4.72. The predicted molar refractivity (Wildman–Crippen MR) is 46.1 cm³/mol. The van der Waals surface area contributed by atoms with E-state index in [4.69, 9.17) is 0 Å². The van der Waals surface area contributed by atoms with Gasteiger partial charge in [0.1, 0.15) is 5.69 Å². The Kier molecular flexibility index (Phi) is 4.15. The summed E-state index contributed by atoms with van der Waals surface area (Å²) in [6, 6.07) is 0.398. The summed E-state index contributed by atoms with van der Waals surface area (Å²) in [6.07, 6.45) is -7.78. The Morgan fingerprint density at radius 3 is 2.50 bits per heavy atom. The van der Waals surface area contributed by atoms with Crippen LogP contribution in [0.15, 0.2) is 12.3 Å². The van der Waals surface area contributed by atoms with Crippen LogP contribution < -0.4 is 4.74 Å². The van der Waals surface area contributed by atoms with Gasteiger partial charge in [0.2, 0.25) is 5.78 Å². The van der Waals surface area contributed by atoms with Gasteiger partial charge in [-0.1, -0.05) is 0 Å². The van der Waals surface area contributed by atoms with Gasteiger partial charge in [-0.2, -0.15) is 13.2 Å². The van der Waals surface area contributed by atoms with Crippen LogP contribution in [0.4, 0.5) is 26.3 Å². The van der Waals surface area contributed by atoms with Crippen LogP contribution in [0.1, 0.15) is 10.5 Å². The highest BCUT2D eigenvalue weighted by atomic mass is 19.4. The van der Waals surface area contributed by atoms with Crippen molar-refractivity contribution < 1.29 is 35.9 Å². The predicted octanol–water partition coefficient (Wildman–Crippen LogP) is 2.61. The second-order valence-electron chi connectivity index (χ2n) is 3.07. The maximum Gasteiger partial charge on any atom is 0.422 e. The molecule has 100 valence electrons. The fourth-order valence-electron chi connectivity index (χ4n) is 0.937. The van der Waals surface area contributed by atoms with E-state index in [-0.39, 0.29) is 0 Å². The molecule has 1 rings (SSSR count). The molecule has 1 aromatic heterocycles. The zero-order valence-corrected chi connectivity index (χ0v) is 8.47. The lowest BCUT2D eigenvalue weighted by atomic mass is 10.2. The number of carbonyl (C=O) groups is 1. The molecule has 0 atom stereocenters. The van der Waals surface area contributed by atoms with Crippen molar-refractivity contribution in [1.82, 2.24) is 4.98 Å². The largest absolute Gasteiger partial charge is 0.481 e. The Bertz CT molecular complexity index is 445. The fraction of sp³-hybridized carbons (Fsp3) is 0.333. The molecule has 0 aromatic carbocycles. The maximum absolute atomic E-state index is 13.0. The molecule has 0 saturated heterocycles. The third-order valence-corrected chi connectivity index (χ3v) is 1.66. The molecule has 9 heteroatoms. The first-order valence-electron chi connectivity index (χ1n) is 4.38. The van der Waals surface area contributed by atoms with Crippen molar-refractivity contribution in [2.45, 2.75) is 12.6 Å². The van der Waals surface area contributed by atoms with Gasteiger partial charge in [0.25, 0.3) is 0 Å². The molecule has 3 nitrogen and oxygen atoms in total. The van der Waals surface area contributed by atoms with Gasteiger partial charge < -0.3 is 4.74 Å². The van der Waals surface area contributed by atoms with Gasteiger partial charge in [0, 0.05) is 6.07 Å². The highest BCUT2D eigenvalue weighted by Crippen LogP contribution is 2.22. The number of hydrogen-bond donors (Lipinski definition) is 0. The van der Waals surface area contributed by atoms with Crippen molar-refractivity contribution in [2.75, 3.05) is 6.61 Å². The number of alkyl halides is 5. The van der Waals surface area contributed by atoms with E-state index >= 15 is 0 Å². The van der Waals surface area contributed by atoms with E-state index in [0.717, 1.165) is 0 Å². The Morgan fingerprint density at radius 2 is 2.00 bits per heavy atom. The monoisotopic (exact) mass is 273 g/mol. The minimum absolute atomic E-state index is 0.335. The molecule has 1 aromatic rings. The van der Waals surface area contributed by atoms with Crippen LogP contribution in [0, 0.1) is 5.82 Å². The van der Waals surface area contributed by atoms with E-state index < -0.39 is 42.3 Å². The van der Waals surface area contributed by atoms with Crippen LogP contribution >= 0.6 is 0 Å². The van der Waals surface area contributed by atoms with Crippen LogP contribution in [0.2, 0.25) is 0 Å². The number of ketones is 1. The van der Waals surface area contributed by atoms with Crippen molar-refractivity contribution in [3.05, 3.63) is 23.8 Å². The molecule has 0 fully saturated rings. The highest BCUT2D eigenvalue weighted by Gasteiger charge is 2.29. The quantitative estimate of drug-likeness (QED) is 0.625. The summed E-state index contributed by atoms with van der Waals surface area (Å²) in [5, 5.41) is 0. The lowest BCUT2D eigenvalue weighted by molar-refractivity contribution is -0.153. The first-order valence-corrected chi connectivity index (χ1v) is 4.38. The minimum Gasteiger partial charge on any atom is -0.481 e. The van der Waals surface area contributed by atoms with E-state index in [0.29, 0.717) is 12.3 Å². The first-order chi connectivity index (χ1) is 8.20. The van der Waals surface area contributed by atoms with Crippen LogP contribution in [0.5, 0.6) is 5.75 Å². The van der Waals surface area contributed by atoms with Gasteiger partial charge in [-0.05, 0) is 0 Å². The number of pyridine rings is 1. The second-order valence-corrected chi connectivity index (χ2v) is 3.07. The summed E-state index contributed by atoms with van der Waals surface area (Å²) in [4.78, 5) is 13.8. The fourth-order valence-corrected chi connectivity index (χ4v) is 0.937. The smallest absolute Gasteiger partial charge is 0.422 e. The van der Waals surface area contributed by atoms with Crippen molar-refractivity contribution in [3.63, 3.8) is 0 Å². The zero-order chi connectivity index (χ0) is 13.9. The standard InChI is InChI=1S/C9H5F6NO2/c10-4-2-16-5(7(17)8(11)12)1-6(4)18-3-9(13,14)15/h1-2,8H,3H2. The van der Waals surface area contributed by atoms with E-state index in [9.17, 15) is 31.1 Å². The molecular weight excluding hydrogens is 268 g/mol. The average Bonchev–Trinajstić information content (AvgIpc) is 2.25. The molecule has 0 aliphatic carbocycles. The van der Waals surface area contributed by atoms with Gasteiger partial charge in [-0.25, -0.2) is 18.2 Å². The summed E-state index contributed by atoms with van der Waals surface area (Å²) in [5.41, 5.74) is -0.872. The lowest BCUT2D eigenvalue weighted by Gasteiger charge is -2.10. The van der Waals surface area contributed by atoms with Crippen LogP contribution in [0.25, 0.3) is 0 Å². The van der Waals surface area contributed by atoms with Gasteiger partial charge >= 0.3 is 12.6 Å². The molecule has 0 bridgehead atoms.